The van der Waals surface area contributed by atoms with E-state index in [9.17, 15) is 9.59 Å². The molecule has 2 heterocycles. The Hall–Kier alpha value is -2.63. The molecule has 2 N–H and O–H groups in total. The second-order valence-electron chi connectivity index (χ2n) is 8.71. The van der Waals surface area contributed by atoms with Crippen LogP contribution in [-0.2, 0) is 9.59 Å². The molecule has 0 aromatic carbocycles. The van der Waals surface area contributed by atoms with Gasteiger partial charge in [-0.05, 0) is 68.2 Å². The maximum atomic E-state index is 12.2. The van der Waals surface area contributed by atoms with Crippen LogP contribution in [0.3, 0.4) is 0 Å². The highest BCUT2D eigenvalue weighted by atomic mass is 16.2. The second kappa shape index (κ2) is 7.65. The number of H-pyrrole nitrogens is 1. The normalized spacial score (nSPS) is 22.5. The predicted molar refractivity (Wildman–Crippen MR) is 113 cm³/mol. The molecule has 2 amide bonds. The number of nitrogens with one attached hydrogen (secondary N) is 2. The molecule has 6 nitrogen and oxygen atoms in total. The van der Waals surface area contributed by atoms with Crippen LogP contribution >= 0.6 is 0 Å². The number of carbonyl (C=O) groups excluding carboxylic acids is 2. The number of aromatic amines is 1. The number of allylic oxidation sites excluding steroid dienone is 1. The van der Waals surface area contributed by atoms with Gasteiger partial charge in [0.25, 0.3) is 0 Å². The molecular formula is C23H28N4O2. The van der Waals surface area contributed by atoms with E-state index < -0.39 is 0 Å². The third-order valence-electron chi connectivity index (χ3n) is 6.75. The van der Waals surface area contributed by atoms with Gasteiger partial charge in [-0.2, -0.15) is 0 Å². The van der Waals surface area contributed by atoms with Gasteiger partial charge in [0.05, 0.1) is 0 Å². The molecule has 2 aromatic rings. The number of nitrogens with zero attached hydrogens (tertiary/aromatic N) is 2. The average Bonchev–Trinajstić information content (AvgIpc) is 3.25. The largest absolute Gasteiger partial charge is 0.346 e. The van der Waals surface area contributed by atoms with Crippen LogP contribution in [0.1, 0.15) is 63.4 Å². The van der Waals surface area contributed by atoms with Crippen molar-refractivity contribution in [1.82, 2.24) is 14.9 Å². The third-order valence-corrected chi connectivity index (χ3v) is 6.75. The molecule has 1 atom stereocenters. The molecule has 3 aliphatic carbocycles. The van der Waals surface area contributed by atoms with Crippen LogP contribution in [0.4, 0.5) is 5.82 Å². The van der Waals surface area contributed by atoms with E-state index in [0.717, 1.165) is 68.0 Å². The fourth-order valence-corrected chi connectivity index (χ4v) is 4.95. The van der Waals surface area contributed by atoms with Gasteiger partial charge in [-0.3, -0.25) is 9.59 Å². The number of amides is 2. The van der Waals surface area contributed by atoms with E-state index >= 15 is 0 Å². The van der Waals surface area contributed by atoms with E-state index in [2.05, 4.69) is 26.3 Å². The number of anilines is 1. The Kier molecular flexibility index (Phi) is 4.86. The van der Waals surface area contributed by atoms with E-state index in [1.54, 1.807) is 0 Å². The van der Waals surface area contributed by atoms with Crippen LogP contribution in [0.15, 0.2) is 24.4 Å². The zero-order chi connectivity index (χ0) is 19.8. The molecule has 0 spiro atoms. The van der Waals surface area contributed by atoms with Crippen molar-refractivity contribution in [2.24, 2.45) is 5.92 Å². The van der Waals surface area contributed by atoms with Crippen molar-refractivity contribution in [3.63, 3.8) is 0 Å². The Morgan fingerprint density at radius 1 is 1.17 bits per heavy atom. The predicted octanol–water partition coefficient (Wildman–Crippen LogP) is 4.25. The lowest BCUT2D eigenvalue weighted by Crippen LogP contribution is -2.41. The van der Waals surface area contributed by atoms with Crippen LogP contribution in [-0.4, -0.2) is 39.3 Å². The van der Waals surface area contributed by atoms with Crippen LogP contribution < -0.4 is 5.32 Å². The summed E-state index contributed by atoms with van der Waals surface area (Å²) in [5.41, 5.74) is 3.23. The summed E-state index contributed by atoms with van der Waals surface area (Å²) in [5.74, 6) is 0.847. The summed E-state index contributed by atoms with van der Waals surface area (Å²) in [6, 6.07) is 4.79. The summed E-state index contributed by atoms with van der Waals surface area (Å²) in [7, 11) is 0. The van der Waals surface area contributed by atoms with Gasteiger partial charge in [0, 0.05) is 29.6 Å². The molecule has 1 unspecified atom stereocenters. The molecule has 152 valence electrons. The van der Waals surface area contributed by atoms with Crippen molar-refractivity contribution in [3.05, 3.63) is 30.0 Å². The Morgan fingerprint density at radius 3 is 2.69 bits per heavy atom. The second-order valence-corrected chi connectivity index (χ2v) is 8.71. The van der Waals surface area contributed by atoms with Crippen LogP contribution in [0.5, 0.6) is 0 Å². The Morgan fingerprint density at radius 2 is 2.00 bits per heavy atom. The summed E-state index contributed by atoms with van der Waals surface area (Å²) < 4.78 is 0. The first-order chi connectivity index (χ1) is 14.2. The van der Waals surface area contributed by atoms with Crippen molar-refractivity contribution in [2.45, 2.75) is 69.9 Å². The quantitative estimate of drug-likeness (QED) is 0.722. The van der Waals surface area contributed by atoms with Gasteiger partial charge in [0.1, 0.15) is 11.5 Å². The molecule has 5 rings (SSSR count). The lowest BCUT2D eigenvalue weighted by atomic mass is 9.88. The molecule has 0 aliphatic heterocycles. The highest BCUT2D eigenvalue weighted by Gasteiger charge is 2.31. The maximum Gasteiger partial charge on any atom is 0.228 e. The number of hydrogen-bond acceptors (Lipinski definition) is 3. The van der Waals surface area contributed by atoms with E-state index in [4.69, 9.17) is 0 Å². The average molecular weight is 393 g/mol. The fraction of sp³-hybridized carbons (Fsp3) is 0.522. The fourth-order valence-electron chi connectivity index (χ4n) is 4.95. The Labute approximate surface area is 170 Å². The van der Waals surface area contributed by atoms with E-state index in [1.807, 2.05) is 18.3 Å². The smallest absolute Gasteiger partial charge is 0.228 e. The summed E-state index contributed by atoms with van der Waals surface area (Å²) in [6.07, 6.45) is 14.8. The van der Waals surface area contributed by atoms with Crippen molar-refractivity contribution in [3.8, 4) is 0 Å². The zero-order valence-electron chi connectivity index (χ0n) is 16.7. The van der Waals surface area contributed by atoms with Crippen molar-refractivity contribution >= 4 is 34.7 Å². The van der Waals surface area contributed by atoms with E-state index in [-0.39, 0.29) is 11.8 Å². The molecule has 0 saturated heterocycles. The molecule has 0 bridgehead atoms. The van der Waals surface area contributed by atoms with Gasteiger partial charge in [0.2, 0.25) is 12.3 Å². The molecule has 2 fully saturated rings. The summed E-state index contributed by atoms with van der Waals surface area (Å²) >= 11 is 0. The standard InChI is InChI=1S/C23H28N4O2/c28-14-27(17-3-1-2-4-17)18-9-7-15(8-10-18)20-13-21(26-23(29)16-5-6-16)25-22-19(20)11-12-24-22/h7,11-14,16-18H,1-6,8-10H2,(H2,24,25,26,29). The van der Waals surface area contributed by atoms with Crippen molar-refractivity contribution < 1.29 is 9.59 Å². The SMILES string of the molecule is O=CN(C1CC=C(c2cc(NC(=O)C3CC3)nc3[nH]ccc23)CC1)C1CCCC1. The van der Waals surface area contributed by atoms with E-state index in [1.165, 1.54) is 18.4 Å². The summed E-state index contributed by atoms with van der Waals surface area (Å²) in [6.45, 7) is 0. The van der Waals surface area contributed by atoms with E-state index in [0.29, 0.717) is 17.9 Å². The summed E-state index contributed by atoms with van der Waals surface area (Å²) in [5, 5.41) is 4.07. The lowest BCUT2D eigenvalue weighted by molar-refractivity contribution is -0.122. The van der Waals surface area contributed by atoms with Crippen molar-refractivity contribution in [1.29, 1.82) is 0 Å². The first-order valence-electron chi connectivity index (χ1n) is 10.9. The van der Waals surface area contributed by atoms with Gasteiger partial charge in [-0.1, -0.05) is 18.9 Å². The lowest BCUT2D eigenvalue weighted by Gasteiger charge is -2.35. The first-order valence-corrected chi connectivity index (χ1v) is 10.9. The summed E-state index contributed by atoms with van der Waals surface area (Å²) in [4.78, 5) is 33.8. The maximum absolute atomic E-state index is 12.2. The molecule has 2 aromatic heterocycles. The van der Waals surface area contributed by atoms with Gasteiger partial charge in [-0.25, -0.2) is 4.98 Å². The number of carbonyl (C=O) groups is 2. The molecule has 3 aliphatic rings. The third kappa shape index (κ3) is 3.68. The van der Waals surface area contributed by atoms with Gasteiger partial charge < -0.3 is 15.2 Å². The minimum Gasteiger partial charge on any atom is -0.346 e. The number of pyridine rings is 1. The molecule has 2 saturated carbocycles. The van der Waals surface area contributed by atoms with Crippen molar-refractivity contribution in [2.75, 3.05) is 5.32 Å². The topological polar surface area (TPSA) is 78.1 Å². The Balaban J connectivity index is 1.38. The van der Waals surface area contributed by atoms with Crippen LogP contribution in [0.2, 0.25) is 0 Å². The number of hydrogen-bond donors (Lipinski definition) is 2. The number of aromatic nitrogens is 2. The highest BCUT2D eigenvalue weighted by molar-refractivity contribution is 5.97. The number of fused-ring (bicyclic) bond motifs is 1. The Bertz CT molecular complexity index is 953. The monoisotopic (exact) mass is 392 g/mol. The zero-order valence-corrected chi connectivity index (χ0v) is 16.7. The van der Waals surface area contributed by atoms with Gasteiger partial charge in [0.15, 0.2) is 0 Å². The van der Waals surface area contributed by atoms with Gasteiger partial charge >= 0.3 is 0 Å². The molecule has 29 heavy (non-hydrogen) atoms. The minimum atomic E-state index is 0.0743. The molecular weight excluding hydrogens is 364 g/mol. The van der Waals surface area contributed by atoms with Gasteiger partial charge in [-0.15, -0.1) is 0 Å². The molecule has 0 radical (unpaired) electrons. The van der Waals surface area contributed by atoms with Crippen LogP contribution in [0.25, 0.3) is 16.6 Å². The highest BCUT2D eigenvalue weighted by Crippen LogP contribution is 2.36. The minimum absolute atomic E-state index is 0.0743. The van der Waals surface area contributed by atoms with Crippen LogP contribution in [0, 0.1) is 5.92 Å². The number of rotatable bonds is 6. The first kappa shape index (κ1) is 18.4. The molecule has 6 heteroatoms.